The fourth-order valence-electron chi connectivity index (χ4n) is 2.70. The molecule has 2 rings (SSSR count). The Morgan fingerprint density at radius 2 is 2.21 bits per heavy atom. The molecule has 0 aromatic heterocycles. The minimum Gasteiger partial charge on any atom is -0.481 e. The Morgan fingerprint density at radius 3 is 2.63 bits per heavy atom. The first-order chi connectivity index (χ1) is 8.74. The molecule has 19 heavy (non-hydrogen) atoms. The molecule has 0 aromatic carbocycles. The summed E-state index contributed by atoms with van der Waals surface area (Å²) >= 11 is 0. The first kappa shape index (κ1) is 14.1. The van der Waals surface area contributed by atoms with Crippen molar-refractivity contribution < 1.29 is 27.9 Å². The van der Waals surface area contributed by atoms with Crippen LogP contribution in [0.1, 0.15) is 19.3 Å². The highest BCUT2D eigenvalue weighted by Gasteiger charge is 2.63. The highest BCUT2D eigenvalue weighted by atomic mass is 19.4. The van der Waals surface area contributed by atoms with Crippen LogP contribution < -0.4 is 5.32 Å². The van der Waals surface area contributed by atoms with Crippen LogP contribution >= 0.6 is 0 Å². The molecule has 2 heterocycles. The summed E-state index contributed by atoms with van der Waals surface area (Å²) in [4.78, 5) is 23.5. The van der Waals surface area contributed by atoms with Crippen molar-refractivity contribution in [1.29, 1.82) is 0 Å². The van der Waals surface area contributed by atoms with Crippen molar-refractivity contribution >= 4 is 11.9 Å². The van der Waals surface area contributed by atoms with Gasteiger partial charge in [0.15, 0.2) is 5.41 Å². The Hall–Kier alpha value is -1.31. The molecule has 0 radical (unpaired) electrons. The Labute approximate surface area is 107 Å². The molecule has 2 aliphatic heterocycles. The molecule has 0 saturated carbocycles. The summed E-state index contributed by atoms with van der Waals surface area (Å²) in [6.45, 7) is -0.187. The van der Waals surface area contributed by atoms with E-state index in [0.717, 1.165) is 0 Å². The van der Waals surface area contributed by atoms with E-state index in [-0.39, 0.29) is 25.0 Å². The summed E-state index contributed by atoms with van der Waals surface area (Å²) in [7, 11) is 0. The number of likely N-dealkylation sites (tertiary alicyclic amines) is 1. The topological polar surface area (TPSA) is 69.6 Å². The quantitative estimate of drug-likeness (QED) is 0.794. The molecule has 0 spiro atoms. The standard InChI is InChI=1S/C11H15F3N2O3/c12-11(13,14)10(9(18)19)3-4-16(6-10)5-7-1-2-8(17)15-7/h7H,1-6H2,(H,15,17)(H,18,19). The van der Waals surface area contributed by atoms with Crippen molar-refractivity contribution in [2.75, 3.05) is 19.6 Å². The van der Waals surface area contributed by atoms with Gasteiger partial charge in [-0.3, -0.25) is 14.5 Å². The van der Waals surface area contributed by atoms with Gasteiger partial charge in [0.25, 0.3) is 0 Å². The molecule has 1 amide bonds. The largest absolute Gasteiger partial charge is 0.481 e. The van der Waals surface area contributed by atoms with Crippen LogP contribution in [0.15, 0.2) is 0 Å². The number of carbonyl (C=O) groups is 2. The van der Waals surface area contributed by atoms with Crippen LogP contribution in [0.5, 0.6) is 0 Å². The first-order valence-corrected chi connectivity index (χ1v) is 6.06. The Bertz CT molecular complexity index is 399. The third-order valence-corrected chi connectivity index (χ3v) is 3.86. The molecule has 2 saturated heterocycles. The number of carboxylic acid groups (broad SMARTS) is 1. The maximum absolute atomic E-state index is 12.9. The van der Waals surface area contributed by atoms with Gasteiger partial charge in [-0.25, -0.2) is 0 Å². The van der Waals surface area contributed by atoms with E-state index in [1.165, 1.54) is 4.90 Å². The van der Waals surface area contributed by atoms with Gasteiger partial charge < -0.3 is 10.4 Å². The van der Waals surface area contributed by atoms with Crippen molar-refractivity contribution in [2.24, 2.45) is 5.41 Å². The maximum Gasteiger partial charge on any atom is 0.406 e. The van der Waals surface area contributed by atoms with Crippen LogP contribution in [0.2, 0.25) is 0 Å². The molecule has 2 N–H and O–H groups in total. The summed E-state index contributed by atoms with van der Waals surface area (Å²) in [5.74, 6) is -1.93. The van der Waals surface area contributed by atoms with E-state index in [2.05, 4.69) is 5.32 Å². The van der Waals surface area contributed by atoms with Crippen LogP contribution in [-0.2, 0) is 9.59 Å². The van der Waals surface area contributed by atoms with Crippen LogP contribution in [0.3, 0.4) is 0 Å². The van der Waals surface area contributed by atoms with E-state index in [4.69, 9.17) is 5.11 Å². The molecule has 2 atom stereocenters. The fourth-order valence-corrected chi connectivity index (χ4v) is 2.70. The van der Waals surface area contributed by atoms with Crippen LogP contribution in [0.25, 0.3) is 0 Å². The summed E-state index contributed by atoms with van der Waals surface area (Å²) < 4.78 is 38.8. The van der Waals surface area contributed by atoms with Crippen LogP contribution in [-0.4, -0.2) is 53.7 Å². The van der Waals surface area contributed by atoms with Crippen molar-refractivity contribution in [3.63, 3.8) is 0 Å². The predicted molar refractivity (Wildman–Crippen MR) is 58.3 cm³/mol. The normalized spacial score (nSPS) is 32.6. The lowest BCUT2D eigenvalue weighted by molar-refractivity contribution is -0.227. The fraction of sp³-hybridized carbons (Fsp3) is 0.818. The van der Waals surface area contributed by atoms with E-state index in [1.807, 2.05) is 0 Å². The summed E-state index contributed by atoms with van der Waals surface area (Å²) in [5, 5.41) is 11.6. The van der Waals surface area contributed by atoms with Gasteiger partial charge in [0.2, 0.25) is 5.91 Å². The molecule has 108 valence electrons. The number of aliphatic carboxylic acids is 1. The smallest absolute Gasteiger partial charge is 0.406 e. The average Bonchev–Trinajstić information content (AvgIpc) is 2.85. The van der Waals surface area contributed by atoms with Crippen LogP contribution in [0, 0.1) is 5.41 Å². The zero-order valence-corrected chi connectivity index (χ0v) is 10.2. The number of rotatable bonds is 3. The number of alkyl halides is 3. The predicted octanol–water partition coefficient (Wildman–Crippen LogP) is 0.604. The van der Waals surface area contributed by atoms with Gasteiger partial charge in [-0.05, 0) is 19.4 Å². The second-order valence-corrected chi connectivity index (χ2v) is 5.17. The number of amides is 1. The zero-order chi connectivity index (χ0) is 14.3. The zero-order valence-electron chi connectivity index (χ0n) is 10.2. The van der Waals surface area contributed by atoms with Gasteiger partial charge in [-0.2, -0.15) is 13.2 Å². The van der Waals surface area contributed by atoms with E-state index < -0.39 is 30.5 Å². The molecule has 0 aliphatic carbocycles. The number of carbonyl (C=O) groups excluding carboxylic acids is 1. The summed E-state index contributed by atoms with van der Waals surface area (Å²) in [5.41, 5.74) is -2.67. The Morgan fingerprint density at radius 1 is 1.53 bits per heavy atom. The third-order valence-electron chi connectivity index (χ3n) is 3.86. The summed E-state index contributed by atoms with van der Waals surface area (Å²) in [6.07, 6.45) is -4.23. The number of carboxylic acids is 1. The molecule has 2 unspecified atom stereocenters. The maximum atomic E-state index is 12.9. The van der Waals surface area contributed by atoms with Crippen LogP contribution in [0.4, 0.5) is 13.2 Å². The number of hydrogen-bond acceptors (Lipinski definition) is 3. The summed E-state index contributed by atoms with van der Waals surface area (Å²) in [6, 6.07) is -0.176. The molecular weight excluding hydrogens is 265 g/mol. The molecular formula is C11H15F3N2O3. The van der Waals surface area contributed by atoms with Gasteiger partial charge in [0, 0.05) is 25.6 Å². The van der Waals surface area contributed by atoms with Gasteiger partial charge in [0.05, 0.1) is 0 Å². The average molecular weight is 280 g/mol. The Kier molecular flexibility index (Phi) is 3.46. The van der Waals surface area contributed by atoms with E-state index in [1.54, 1.807) is 0 Å². The van der Waals surface area contributed by atoms with E-state index >= 15 is 0 Å². The van der Waals surface area contributed by atoms with Crippen molar-refractivity contribution in [3.05, 3.63) is 0 Å². The molecule has 2 fully saturated rings. The van der Waals surface area contributed by atoms with E-state index in [0.29, 0.717) is 12.8 Å². The molecule has 5 nitrogen and oxygen atoms in total. The second-order valence-electron chi connectivity index (χ2n) is 5.17. The monoisotopic (exact) mass is 280 g/mol. The van der Waals surface area contributed by atoms with Gasteiger partial charge in [-0.15, -0.1) is 0 Å². The Balaban J connectivity index is 2.01. The molecule has 8 heteroatoms. The lowest BCUT2D eigenvalue weighted by Crippen LogP contribution is -2.48. The number of nitrogens with zero attached hydrogens (tertiary/aromatic N) is 1. The lowest BCUT2D eigenvalue weighted by Gasteiger charge is -2.28. The first-order valence-electron chi connectivity index (χ1n) is 6.06. The SMILES string of the molecule is O=C1CCC(CN2CCC(C(=O)O)(C(F)(F)F)C2)N1. The molecule has 0 aromatic rings. The number of hydrogen-bond donors (Lipinski definition) is 2. The van der Waals surface area contributed by atoms with Crippen molar-refractivity contribution in [1.82, 2.24) is 10.2 Å². The minimum atomic E-state index is -4.76. The van der Waals surface area contributed by atoms with Gasteiger partial charge in [0.1, 0.15) is 0 Å². The number of nitrogens with one attached hydrogen (secondary N) is 1. The van der Waals surface area contributed by atoms with Crippen molar-refractivity contribution in [3.8, 4) is 0 Å². The highest BCUT2D eigenvalue weighted by Crippen LogP contribution is 2.45. The van der Waals surface area contributed by atoms with Gasteiger partial charge >= 0.3 is 12.1 Å². The molecule has 2 aliphatic rings. The van der Waals surface area contributed by atoms with E-state index in [9.17, 15) is 22.8 Å². The highest BCUT2D eigenvalue weighted by molar-refractivity contribution is 5.78. The second kappa shape index (κ2) is 4.66. The van der Waals surface area contributed by atoms with Gasteiger partial charge in [-0.1, -0.05) is 0 Å². The third kappa shape index (κ3) is 2.54. The lowest BCUT2D eigenvalue weighted by atomic mass is 9.86. The number of halogens is 3. The van der Waals surface area contributed by atoms with Crippen molar-refractivity contribution in [2.45, 2.75) is 31.5 Å². The minimum absolute atomic E-state index is 0.0815. The molecule has 0 bridgehead atoms.